The number of aryl methyl sites for hydroxylation is 1. The van der Waals surface area contributed by atoms with Crippen LogP contribution in [0, 0.1) is 0 Å². The summed E-state index contributed by atoms with van der Waals surface area (Å²) in [6.07, 6.45) is 6.38. The van der Waals surface area contributed by atoms with Crippen molar-refractivity contribution in [3.63, 3.8) is 0 Å². The Labute approximate surface area is 104 Å². The van der Waals surface area contributed by atoms with Gasteiger partial charge in [0.2, 0.25) is 0 Å². The molecule has 0 aliphatic heterocycles. The number of rotatable bonds is 7. The van der Waals surface area contributed by atoms with E-state index in [9.17, 15) is 0 Å². The van der Waals surface area contributed by atoms with Gasteiger partial charge in [-0.3, -0.25) is 0 Å². The summed E-state index contributed by atoms with van der Waals surface area (Å²) in [5.41, 5.74) is 6.12. The van der Waals surface area contributed by atoms with E-state index in [-0.39, 0.29) is 11.6 Å². The number of hydrogen-bond acceptors (Lipinski definition) is 3. The van der Waals surface area contributed by atoms with Crippen LogP contribution in [0.3, 0.4) is 0 Å². The summed E-state index contributed by atoms with van der Waals surface area (Å²) in [4.78, 5) is 4.33. The van der Waals surface area contributed by atoms with Gasteiger partial charge < -0.3 is 15.0 Å². The Bertz CT molecular complexity index is 331. The first-order chi connectivity index (χ1) is 8.09. The molecule has 4 heteroatoms. The molecule has 0 aliphatic rings. The van der Waals surface area contributed by atoms with Crippen LogP contribution >= 0.6 is 0 Å². The van der Waals surface area contributed by atoms with Gasteiger partial charge in [-0.05, 0) is 19.8 Å². The Morgan fingerprint density at radius 3 is 2.47 bits per heavy atom. The minimum Gasteiger partial charge on any atom is -0.374 e. The third-order valence-electron chi connectivity index (χ3n) is 3.63. The zero-order valence-electron chi connectivity index (χ0n) is 11.4. The predicted molar refractivity (Wildman–Crippen MR) is 69.8 cm³/mol. The quantitative estimate of drug-likeness (QED) is 0.790. The lowest BCUT2D eigenvalue weighted by Gasteiger charge is -2.37. The molecule has 1 aromatic heterocycles. The molecule has 0 bridgehead atoms. The molecule has 1 unspecified atom stereocenters. The van der Waals surface area contributed by atoms with Crippen molar-refractivity contribution >= 4 is 0 Å². The second-order valence-electron chi connectivity index (χ2n) is 4.47. The van der Waals surface area contributed by atoms with Gasteiger partial charge in [0.25, 0.3) is 0 Å². The van der Waals surface area contributed by atoms with Gasteiger partial charge in [0.1, 0.15) is 5.82 Å². The molecule has 0 radical (unpaired) electrons. The third kappa shape index (κ3) is 3.07. The maximum absolute atomic E-state index is 6.34. The van der Waals surface area contributed by atoms with Crippen LogP contribution in [0.1, 0.15) is 39.4 Å². The van der Waals surface area contributed by atoms with E-state index in [0.29, 0.717) is 6.61 Å². The number of aromatic nitrogens is 2. The molecule has 1 atom stereocenters. The van der Waals surface area contributed by atoms with Crippen molar-refractivity contribution in [2.45, 2.75) is 51.7 Å². The SMILES string of the molecule is CCOC(CC)(CC)C(N)Cc1nccn1C. The molecule has 0 saturated heterocycles. The predicted octanol–water partition coefficient (Wildman–Crippen LogP) is 1.89. The molecular weight excluding hydrogens is 214 g/mol. The van der Waals surface area contributed by atoms with Crippen LogP contribution in [-0.4, -0.2) is 27.8 Å². The van der Waals surface area contributed by atoms with E-state index < -0.39 is 0 Å². The van der Waals surface area contributed by atoms with Crippen LogP contribution in [-0.2, 0) is 18.2 Å². The highest BCUT2D eigenvalue weighted by Crippen LogP contribution is 2.25. The molecule has 0 aromatic carbocycles. The molecule has 17 heavy (non-hydrogen) atoms. The second-order valence-corrected chi connectivity index (χ2v) is 4.47. The molecule has 2 N–H and O–H groups in total. The maximum atomic E-state index is 6.34. The molecule has 4 nitrogen and oxygen atoms in total. The second kappa shape index (κ2) is 6.17. The number of nitrogens with zero attached hydrogens (tertiary/aromatic N) is 2. The van der Waals surface area contributed by atoms with E-state index in [1.54, 1.807) is 0 Å². The Hall–Kier alpha value is -0.870. The zero-order valence-corrected chi connectivity index (χ0v) is 11.4. The number of hydrogen-bond donors (Lipinski definition) is 1. The Kier molecular flexibility index (Phi) is 5.15. The topological polar surface area (TPSA) is 53.1 Å². The first-order valence-corrected chi connectivity index (χ1v) is 6.45. The highest BCUT2D eigenvalue weighted by Gasteiger charge is 2.34. The van der Waals surface area contributed by atoms with Gasteiger partial charge in [0.05, 0.1) is 5.60 Å². The van der Waals surface area contributed by atoms with E-state index in [2.05, 4.69) is 18.8 Å². The number of imidazole rings is 1. The average molecular weight is 239 g/mol. The van der Waals surface area contributed by atoms with E-state index in [1.807, 2.05) is 30.9 Å². The minimum atomic E-state index is -0.222. The Morgan fingerprint density at radius 1 is 1.41 bits per heavy atom. The van der Waals surface area contributed by atoms with Crippen LogP contribution in [0.2, 0.25) is 0 Å². The van der Waals surface area contributed by atoms with E-state index in [4.69, 9.17) is 10.5 Å². The monoisotopic (exact) mass is 239 g/mol. The van der Waals surface area contributed by atoms with E-state index in [0.717, 1.165) is 25.1 Å². The average Bonchev–Trinajstić information content (AvgIpc) is 2.72. The molecule has 1 aromatic rings. The summed E-state index contributed by atoms with van der Waals surface area (Å²) in [7, 11) is 2.00. The fourth-order valence-electron chi connectivity index (χ4n) is 2.35. The molecule has 0 saturated carbocycles. The summed E-state index contributed by atoms with van der Waals surface area (Å²) in [6, 6.07) is -0.0152. The van der Waals surface area contributed by atoms with Gasteiger partial charge in [-0.25, -0.2) is 4.98 Å². The highest BCUT2D eigenvalue weighted by atomic mass is 16.5. The summed E-state index contributed by atoms with van der Waals surface area (Å²) < 4.78 is 7.93. The first kappa shape index (κ1) is 14.2. The zero-order chi connectivity index (χ0) is 12.9. The van der Waals surface area contributed by atoms with E-state index >= 15 is 0 Å². The number of nitrogens with two attached hydrogens (primary N) is 1. The lowest BCUT2D eigenvalue weighted by atomic mass is 9.86. The third-order valence-corrected chi connectivity index (χ3v) is 3.63. The van der Waals surface area contributed by atoms with Crippen LogP contribution in [0.5, 0.6) is 0 Å². The largest absolute Gasteiger partial charge is 0.374 e. The van der Waals surface area contributed by atoms with Crippen molar-refractivity contribution in [3.05, 3.63) is 18.2 Å². The fraction of sp³-hybridized carbons (Fsp3) is 0.769. The molecule has 0 fully saturated rings. The molecule has 0 spiro atoms. The van der Waals surface area contributed by atoms with Gasteiger partial charge >= 0.3 is 0 Å². The summed E-state index contributed by atoms with van der Waals surface area (Å²) >= 11 is 0. The normalized spacial score (nSPS) is 13.9. The molecule has 1 rings (SSSR count). The van der Waals surface area contributed by atoms with Gasteiger partial charge in [0, 0.05) is 38.5 Å². The van der Waals surface area contributed by atoms with Crippen molar-refractivity contribution in [3.8, 4) is 0 Å². The van der Waals surface area contributed by atoms with Crippen molar-refractivity contribution in [1.82, 2.24) is 9.55 Å². The van der Waals surface area contributed by atoms with Crippen LogP contribution in [0.4, 0.5) is 0 Å². The molecule has 0 aliphatic carbocycles. The Morgan fingerprint density at radius 2 is 2.06 bits per heavy atom. The molecule has 1 heterocycles. The summed E-state index contributed by atoms with van der Waals surface area (Å²) in [6.45, 7) is 7.00. The van der Waals surface area contributed by atoms with Crippen molar-refractivity contribution in [2.75, 3.05) is 6.61 Å². The lowest BCUT2D eigenvalue weighted by molar-refractivity contribution is -0.0637. The van der Waals surface area contributed by atoms with Crippen LogP contribution in [0.15, 0.2) is 12.4 Å². The van der Waals surface area contributed by atoms with Gasteiger partial charge in [0.15, 0.2) is 0 Å². The van der Waals surface area contributed by atoms with Crippen molar-refractivity contribution < 1.29 is 4.74 Å². The van der Waals surface area contributed by atoms with Gasteiger partial charge in [-0.2, -0.15) is 0 Å². The Balaban J connectivity index is 2.78. The smallest absolute Gasteiger partial charge is 0.110 e. The summed E-state index contributed by atoms with van der Waals surface area (Å²) in [5.74, 6) is 1.02. The van der Waals surface area contributed by atoms with Crippen LogP contribution in [0.25, 0.3) is 0 Å². The first-order valence-electron chi connectivity index (χ1n) is 6.45. The standard InChI is InChI=1S/C13H25N3O/c1-5-13(6-2,17-7-3)11(14)10-12-15-8-9-16(12)4/h8-9,11H,5-7,10,14H2,1-4H3. The van der Waals surface area contributed by atoms with E-state index in [1.165, 1.54) is 0 Å². The highest BCUT2D eigenvalue weighted by molar-refractivity contribution is 5.00. The fourth-order valence-corrected chi connectivity index (χ4v) is 2.35. The number of ether oxygens (including phenoxy) is 1. The molecule has 0 amide bonds. The minimum absolute atomic E-state index is 0.0152. The maximum Gasteiger partial charge on any atom is 0.110 e. The molecular formula is C13H25N3O. The van der Waals surface area contributed by atoms with Crippen molar-refractivity contribution in [2.24, 2.45) is 12.8 Å². The molecule has 98 valence electrons. The van der Waals surface area contributed by atoms with Crippen molar-refractivity contribution in [1.29, 1.82) is 0 Å². The summed E-state index contributed by atoms with van der Waals surface area (Å²) in [5, 5.41) is 0. The van der Waals surface area contributed by atoms with Gasteiger partial charge in [-0.1, -0.05) is 13.8 Å². The van der Waals surface area contributed by atoms with Crippen LogP contribution < -0.4 is 5.73 Å². The van der Waals surface area contributed by atoms with Gasteiger partial charge in [-0.15, -0.1) is 0 Å². The lowest BCUT2D eigenvalue weighted by Crippen LogP contribution is -2.51.